The molecule has 29 heavy (non-hydrogen) atoms. The summed E-state index contributed by atoms with van der Waals surface area (Å²) >= 11 is 0. The third kappa shape index (κ3) is 5.80. The second-order valence-electron chi connectivity index (χ2n) is 7.68. The third-order valence-corrected chi connectivity index (χ3v) is 5.63. The predicted molar refractivity (Wildman–Crippen MR) is 108 cm³/mol. The lowest BCUT2D eigenvalue weighted by Gasteiger charge is -2.28. The van der Waals surface area contributed by atoms with Crippen LogP contribution in [0.25, 0.3) is 0 Å². The van der Waals surface area contributed by atoms with Gasteiger partial charge in [-0.2, -0.15) is 5.26 Å². The molecule has 1 fully saturated rings. The van der Waals surface area contributed by atoms with Crippen LogP contribution in [0.5, 0.6) is 11.5 Å². The van der Waals surface area contributed by atoms with Crippen molar-refractivity contribution in [2.24, 2.45) is 11.8 Å². The molecule has 2 atom stereocenters. The highest BCUT2D eigenvalue weighted by atomic mass is 19.1. The molecular weight excluding hydrogens is 369 g/mol. The van der Waals surface area contributed by atoms with Crippen molar-refractivity contribution >= 4 is 5.97 Å². The van der Waals surface area contributed by atoms with Gasteiger partial charge in [0.1, 0.15) is 5.75 Å². The van der Waals surface area contributed by atoms with Gasteiger partial charge in [-0.15, -0.1) is 0 Å². The number of carbonyl (C=O) groups excluding carboxylic acids is 1. The summed E-state index contributed by atoms with van der Waals surface area (Å²) in [5, 5.41) is 8.76. The number of esters is 1. The van der Waals surface area contributed by atoms with Crippen LogP contribution in [0.4, 0.5) is 4.39 Å². The minimum Gasteiger partial charge on any atom is -0.494 e. The third-order valence-electron chi connectivity index (χ3n) is 5.63. The largest absolute Gasteiger partial charge is 0.494 e. The van der Waals surface area contributed by atoms with Gasteiger partial charge in [-0.3, -0.25) is 0 Å². The standard InChI is InChI=1S/C24H26FNO3/c1-17-5-2-3-6-19(17)7-4-14-28-21-11-9-20(10-12-21)24(27)29-23-13-8-18(16-26)15-22(23)25/h8-13,15,17,19H,2-7,14H2,1H3. The minimum absolute atomic E-state index is 0.168. The molecule has 0 amide bonds. The molecule has 1 aliphatic rings. The summed E-state index contributed by atoms with van der Waals surface area (Å²) in [7, 11) is 0. The normalized spacial score (nSPS) is 18.7. The van der Waals surface area contributed by atoms with Crippen LogP contribution in [0.15, 0.2) is 42.5 Å². The van der Waals surface area contributed by atoms with Gasteiger partial charge in [-0.1, -0.05) is 32.6 Å². The van der Waals surface area contributed by atoms with Gasteiger partial charge >= 0.3 is 5.97 Å². The molecule has 0 aliphatic heterocycles. The van der Waals surface area contributed by atoms with Crippen LogP contribution >= 0.6 is 0 Å². The minimum atomic E-state index is -0.746. The summed E-state index contributed by atoms with van der Waals surface area (Å²) in [5.41, 5.74) is 0.471. The van der Waals surface area contributed by atoms with Crippen LogP contribution in [0.2, 0.25) is 0 Å². The lowest BCUT2D eigenvalue weighted by atomic mass is 9.78. The van der Waals surface area contributed by atoms with Crippen molar-refractivity contribution in [3.05, 3.63) is 59.4 Å². The molecule has 3 rings (SSSR count). The van der Waals surface area contributed by atoms with E-state index in [0.717, 1.165) is 24.3 Å². The Morgan fingerprint density at radius 3 is 2.62 bits per heavy atom. The summed E-state index contributed by atoms with van der Waals surface area (Å²) in [6, 6.07) is 12.2. The summed E-state index contributed by atoms with van der Waals surface area (Å²) < 4.78 is 24.7. The van der Waals surface area contributed by atoms with Crippen LogP contribution in [0.1, 0.15) is 61.4 Å². The Morgan fingerprint density at radius 2 is 1.93 bits per heavy atom. The maximum atomic E-state index is 13.9. The highest BCUT2D eigenvalue weighted by Gasteiger charge is 2.20. The Hall–Kier alpha value is -2.87. The van der Waals surface area contributed by atoms with E-state index >= 15 is 0 Å². The van der Waals surface area contributed by atoms with E-state index in [1.807, 2.05) is 6.07 Å². The van der Waals surface area contributed by atoms with Gasteiger partial charge in [0.25, 0.3) is 0 Å². The fourth-order valence-corrected chi connectivity index (χ4v) is 3.86. The van der Waals surface area contributed by atoms with E-state index in [0.29, 0.717) is 17.9 Å². The molecule has 0 heterocycles. The number of benzene rings is 2. The van der Waals surface area contributed by atoms with E-state index in [1.54, 1.807) is 24.3 Å². The molecule has 0 bridgehead atoms. The number of nitriles is 1. The van der Waals surface area contributed by atoms with E-state index in [1.165, 1.54) is 44.2 Å². The summed E-state index contributed by atoms with van der Waals surface area (Å²) in [5.74, 6) is 0.715. The zero-order chi connectivity index (χ0) is 20.6. The van der Waals surface area contributed by atoms with Crippen LogP contribution in [0, 0.1) is 29.0 Å². The smallest absolute Gasteiger partial charge is 0.343 e. The summed E-state index contributed by atoms with van der Waals surface area (Å²) in [4.78, 5) is 12.2. The maximum absolute atomic E-state index is 13.9. The molecule has 0 spiro atoms. The molecule has 1 aliphatic carbocycles. The van der Waals surface area contributed by atoms with Crippen molar-refractivity contribution in [1.29, 1.82) is 5.26 Å². The zero-order valence-electron chi connectivity index (χ0n) is 16.7. The van der Waals surface area contributed by atoms with Crippen LogP contribution in [-0.4, -0.2) is 12.6 Å². The molecule has 5 heteroatoms. The molecule has 0 aromatic heterocycles. The Balaban J connectivity index is 1.47. The van der Waals surface area contributed by atoms with Crippen LogP contribution < -0.4 is 9.47 Å². The van der Waals surface area contributed by atoms with Gasteiger partial charge in [0, 0.05) is 0 Å². The molecule has 2 aromatic carbocycles. The van der Waals surface area contributed by atoms with Gasteiger partial charge in [-0.05, 0) is 67.1 Å². The van der Waals surface area contributed by atoms with Gasteiger partial charge in [0.15, 0.2) is 11.6 Å². The Kier molecular flexibility index (Phi) is 7.24. The van der Waals surface area contributed by atoms with Crippen LogP contribution in [-0.2, 0) is 0 Å². The highest BCUT2D eigenvalue weighted by molar-refractivity contribution is 5.91. The zero-order valence-corrected chi connectivity index (χ0v) is 16.7. The Bertz CT molecular complexity index is 873. The quantitative estimate of drug-likeness (QED) is 0.333. The van der Waals surface area contributed by atoms with E-state index in [9.17, 15) is 9.18 Å². The van der Waals surface area contributed by atoms with Crippen molar-refractivity contribution in [3.63, 3.8) is 0 Å². The average Bonchev–Trinajstić information content (AvgIpc) is 2.74. The van der Waals surface area contributed by atoms with Crippen molar-refractivity contribution in [2.75, 3.05) is 6.61 Å². The van der Waals surface area contributed by atoms with Crippen LogP contribution in [0.3, 0.4) is 0 Å². The lowest BCUT2D eigenvalue weighted by Crippen LogP contribution is -2.17. The molecule has 0 saturated heterocycles. The van der Waals surface area contributed by atoms with Gasteiger partial charge in [-0.25, -0.2) is 9.18 Å². The van der Waals surface area contributed by atoms with E-state index in [2.05, 4.69) is 6.92 Å². The topological polar surface area (TPSA) is 59.3 Å². The van der Waals surface area contributed by atoms with Gasteiger partial charge in [0.05, 0.1) is 23.8 Å². The fraction of sp³-hybridized carbons (Fsp3) is 0.417. The second kappa shape index (κ2) is 10.1. The predicted octanol–water partition coefficient (Wildman–Crippen LogP) is 5.90. The van der Waals surface area contributed by atoms with Crippen molar-refractivity contribution < 1.29 is 18.7 Å². The first-order valence-corrected chi connectivity index (χ1v) is 10.2. The van der Waals surface area contributed by atoms with Crippen molar-refractivity contribution in [1.82, 2.24) is 0 Å². The van der Waals surface area contributed by atoms with E-state index in [-0.39, 0.29) is 11.3 Å². The van der Waals surface area contributed by atoms with Crippen molar-refractivity contribution in [3.8, 4) is 17.6 Å². The Labute approximate surface area is 171 Å². The lowest BCUT2D eigenvalue weighted by molar-refractivity contribution is 0.0728. The highest BCUT2D eigenvalue weighted by Crippen LogP contribution is 2.32. The average molecular weight is 395 g/mol. The van der Waals surface area contributed by atoms with Crippen molar-refractivity contribution in [2.45, 2.75) is 45.4 Å². The first-order valence-electron chi connectivity index (χ1n) is 10.2. The fourth-order valence-electron chi connectivity index (χ4n) is 3.86. The van der Waals surface area contributed by atoms with Gasteiger partial charge < -0.3 is 9.47 Å². The first-order chi connectivity index (χ1) is 14.1. The molecular formula is C24H26FNO3. The first kappa shape index (κ1) is 20.9. The summed E-state index contributed by atoms with van der Waals surface area (Å²) in [6.45, 7) is 3.01. The number of hydrogen-bond acceptors (Lipinski definition) is 4. The summed E-state index contributed by atoms with van der Waals surface area (Å²) in [6.07, 6.45) is 7.60. The molecule has 2 unspecified atom stereocenters. The molecule has 2 aromatic rings. The molecule has 1 saturated carbocycles. The number of ether oxygens (including phenoxy) is 2. The number of hydrogen-bond donors (Lipinski definition) is 0. The monoisotopic (exact) mass is 395 g/mol. The molecule has 152 valence electrons. The number of nitrogens with zero attached hydrogens (tertiary/aromatic N) is 1. The molecule has 4 nitrogen and oxygen atoms in total. The maximum Gasteiger partial charge on any atom is 0.343 e. The number of halogens is 1. The van der Waals surface area contributed by atoms with E-state index < -0.39 is 11.8 Å². The molecule has 0 N–H and O–H groups in total. The number of carbonyl (C=O) groups is 1. The van der Waals surface area contributed by atoms with E-state index in [4.69, 9.17) is 14.7 Å². The Morgan fingerprint density at radius 1 is 1.17 bits per heavy atom. The SMILES string of the molecule is CC1CCCCC1CCCOc1ccc(C(=O)Oc2ccc(C#N)cc2F)cc1. The number of rotatable bonds is 7. The molecule has 0 radical (unpaired) electrons. The van der Waals surface area contributed by atoms with Gasteiger partial charge in [0.2, 0.25) is 0 Å². The second-order valence-corrected chi connectivity index (χ2v) is 7.68.